The molecule has 1 aromatic carbocycles. The van der Waals surface area contributed by atoms with Crippen LogP contribution in [0, 0.1) is 12.7 Å². The van der Waals surface area contributed by atoms with E-state index >= 15 is 0 Å². The number of hydrogen-bond acceptors (Lipinski definition) is 2. The summed E-state index contributed by atoms with van der Waals surface area (Å²) in [7, 11) is 0. The standard InChI is InChI=1S/C16H23FO2/c1-11-8-13(17)7-6-12(11)9-16(18)10-14(2,3)19-15(16,4)5/h6-8,18H,9-10H2,1-5H3. The molecule has 106 valence electrons. The average Bonchev–Trinajstić information content (AvgIpc) is 2.35. The Labute approximate surface area is 114 Å². The van der Waals surface area contributed by atoms with Gasteiger partial charge in [0.25, 0.3) is 0 Å². The first kappa shape index (κ1) is 14.5. The Bertz CT molecular complexity index is 494. The van der Waals surface area contributed by atoms with Gasteiger partial charge in [-0.15, -0.1) is 0 Å². The normalized spacial score (nSPS) is 28.6. The Morgan fingerprint density at radius 2 is 1.89 bits per heavy atom. The fourth-order valence-electron chi connectivity index (χ4n) is 3.19. The predicted octanol–water partition coefficient (Wildman–Crippen LogP) is 3.39. The maximum Gasteiger partial charge on any atom is 0.123 e. The largest absolute Gasteiger partial charge is 0.386 e. The fraction of sp³-hybridized carbons (Fsp3) is 0.625. The van der Waals surface area contributed by atoms with Crippen molar-refractivity contribution in [2.75, 3.05) is 0 Å². The van der Waals surface area contributed by atoms with Crippen LogP contribution in [0.5, 0.6) is 0 Å². The predicted molar refractivity (Wildman–Crippen MR) is 73.7 cm³/mol. The van der Waals surface area contributed by atoms with Crippen molar-refractivity contribution in [2.24, 2.45) is 0 Å². The van der Waals surface area contributed by atoms with Gasteiger partial charge in [-0.1, -0.05) is 6.07 Å². The van der Waals surface area contributed by atoms with Crippen LogP contribution >= 0.6 is 0 Å². The van der Waals surface area contributed by atoms with Crippen molar-refractivity contribution in [3.05, 3.63) is 35.1 Å². The van der Waals surface area contributed by atoms with Gasteiger partial charge in [0.1, 0.15) is 5.82 Å². The Morgan fingerprint density at radius 3 is 2.37 bits per heavy atom. The Morgan fingerprint density at radius 1 is 1.26 bits per heavy atom. The minimum Gasteiger partial charge on any atom is -0.386 e. The Kier molecular flexibility index (Phi) is 3.27. The zero-order chi connectivity index (χ0) is 14.5. The zero-order valence-corrected chi connectivity index (χ0v) is 12.4. The van der Waals surface area contributed by atoms with Gasteiger partial charge in [0.15, 0.2) is 0 Å². The topological polar surface area (TPSA) is 29.5 Å². The van der Waals surface area contributed by atoms with Crippen LogP contribution in [0.1, 0.15) is 45.2 Å². The zero-order valence-electron chi connectivity index (χ0n) is 12.4. The molecule has 0 bridgehead atoms. The van der Waals surface area contributed by atoms with Crippen molar-refractivity contribution in [3.8, 4) is 0 Å². The molecule has 0 aliphatic carbocycles. The third-order valence-corrected chi connectivity index (χ3v) is 4.16. The summed E-state index contributed by atoms with van der Waals surface area (Å²) in [6.45, 7) is 9.69. The minimum atomic E-state index is -0.931. The van der Waals surface area contributed by atoms with Crippen LogP contribution in [-0.2, 0) is 11.2 Å². The van der Waals surface area contributed by atoms with Gasteiger partial charge >= 0.3 is 0 Å². The van der Waals surface area contributed by atoms with Crippen molar-refractivity contribution in [1.29, 1.82) is 0 Å². The molecule has 0 spiro atoms. The maximum atomic E-state index is 13.1. The number of ether oxygens (including phenoxy) is 1. The number of aryl methyl sites for hydroxylation is 1. The molecular formula is C16H23FO2. The molecule has 2 rings (SSSR count). The molecule has 1 heterocycles. The highest BCUT2D eigenvalue weighted by atomic mass is 19.1. The number of aliphatic hydroxyl groups is 1. The second kappa shape index (κ2) is 4.29. The van der Waals surface area contributed by atoms with Crippen LogP contribution in [0.25, 0.3) is 0 Å². The third kappa shape index (κ3) is 2.67. The third-order valence-electron chi connectivity index (χ3n) is 4.16. The SMILES string of the molecule is Cc1cc(F)ccc1CC1(O)CC(C)(C)OC1(C)C. The summed E-state index contributed by atoms with van der Waals surface area (Å²) in [5.41, 5.74) is -0.0463. The van der Waals surface area contributed by atoms with Gasteiger partial charge in [0, 0.05) is 12.8 Å². The number of halogens is 1. The second-order valence-corrected chi connectivity index (χ2v) is 6.83. The van der Waals surface area contributed by atoms with Crippen molar-refractivity contribution in [2.45, 2.75) is 64.3 Å². The summed E-state index contributed by atoms with van der Waals surface area (Å²) in [6.07, 6.45) is 1.05. The molecule has 1 unspecified atom stereocenters. The number of hydrogen-bond donors (Lipinski definition) is 1. The van der Waals surface area contributed by atoms with Crippen LogP contribution in [0.3, 0.4) is 0 Å². The molecule has 0 amide bonds. The van der Waals surface area contributed by atoms with Crippen molar-refractivity contribution in [1.82, 2.24) is 0 Å². The van der Waals surface area contributed by atoms with Gasteiger partial charge in [0.05, 0.1) is 16.8 Å². The molecule has 1 fully saturated rings. The van der Waals surface area contributed by atoms with Crippen LogP contribution in [0.15, 0.2) is 18.2 Å². The van der Waals surface area contributed by atoms with Gasteiger partial charge in [-0.05, 0) is 57.9 Å². The summed E-state index contributed by atoms with van der Waals surface area (Å²) in [5.74, 6) is -0.240. The monoisotopic (exact) mass is 266 g/mol. The van der Waals surface area contributed by atoms with Crippen molar-refractivity contribution < 1.29 is 14.2 Å². The molecule has 1 N–H and O–H groups in total. The highest BCUT2D eigenvalue weighted by Gasteiger charge is 2.56. The highest BCUT2D eigenvalue weighted by molar-refractivity contribution is 5.29. The van der Waals surface area contributed by atoms with E-state index in [-0.39, 0.29) is 11.4 Å². The summed E-state index contributed by atoms with van der Waals surface area (Å²) in [5, 5.41) is 11.0. The van der Waals surface area contributed by atoms with E-state index in [1.807, 2.05) is 34.6 Å². The van der Waals surface area contributed by atoms with Gasteiger partial charge in [0.2, 0.25) is 0 Å². The molecular weight excluding hydrogens is 243 g/mol. The molecule has 3 heteroatoms. The highest BCUT2D eigenvalue weighted by Crippen LogP contribution is 2.46. The quantitative estimate of drug-likeness (QED) is 0.889. The van der Waals surface area contributed by atoms with Crippen LogP contribution in [-0.4, -0.2) is 21.9 Å². The maximum absolute atomic E-state index is 13.1. The van der Waals surface area contributed by atoms with Crippen LogP contribution in [0.2, 0.25) is 0 Å². The van der Waals surface area contributed by atoms with Crippen LogP contribution < -0.4 is 0 Å². The molecule has 1 saturated heterocycles. The molecule has 0 saturated carbocycles. The lowest BCUT2D eigenvalue weighted by molar-refractivity contribution is -0.125. The number of rotatable bonds is 2. The van der Waals surface area contributed by atoms with Crippen molar-refractivity contribution in [3.63, 3.8) is 0 Å². The van der Waals surface area contributed by atoms with Crippen LogP contribution in [0.4, 0.5) is 4.39 Å². The Hall–Kier alpha value is -0.930. The minimum absolute atomic E-state index is 0.240. The molecule has 1 atom stereocenters. The van der Waals surface area contributed by atoms with Crippen molar-refractivity contribution >= 4 is 0 Å². The summed E-state index contributed by atoms with van der Waals surface area (Å²) in [4.78, 5) is 0. The molecule has 1 aliphatic rings. The van der Waals surface area contributed by atoms with E-state index < -0.39 is 11.2 Å². The Balaban J connectivity index is 2.31. The van der Waals surface area contributed by atoms with E-state index in [2.05, 4.69) is 0 Å². The molecule has 1 aliphatic heterocycles. The number of benzene rings is 1. The van der Waals surface area contributed by atoms with Gasteiger partial charge in [-0.3, -0.25) is 0 Å². The van der Waals surface area contributed by atoms with E-state index in [9.17, 15) is 9.50 Å². The molecule has 1 aromatic rings. The van der Waals surface area contributed by atoms with E-state index in [0.717, 1.165) is 11.1 Å². The summed E-state index contributed by atoms with van der Waals surface area (Å²) < 4.78 is 19.1. The lowest BCUT2D eigenvalue weighted by atomic mass is 9.77. The van der Waals surface area contributed by atoms with E-state index in [1.54, 1.807) is 6.07 Å². The fourth-order valence-corrected chi connectivity index (χ4v) is 3.19. The first-order valence-electron chi connectivity index (χ1n) is 6.72. The summed E-state index contributed by atoms with van der Waals surface area (Å²) in [6, 6.07) is 4.70. The smallest absolute Gasteiger partial charge is 0.123 e. The first-order chi connectivity index (χ1) is 8.55. The lowest BCUT2D eigenvalue weighted by Gasteiger charge is -2.35. The second-order valence-electron chi connectivity index (χ2n) is 6.83. The lowest BCUT2D eigenvalue weighted by Crippen LogP contribution is -2.48. The van der Waals surface area contributed by atoms with Gasteiger partial charge in [-0.25, -0.2) is 4.39 Å². The van der Waals surface area contributed by atoms with E-state index in [1.165, 1.54) is 12.1 Å². The van der Waals surface area contributed by atoms with E-state index in [0.29, 0.717) is 12.8 Å². The molecule has 19 heavy (non-hydrogen) atoms. The molecule has 0 radical (unpaired) electrons. The van der Waals surface area contributed by atoms with E-state index in [4.69, 9.17) is 4.74 Å². The molecule has 0 aromatic heterocycles. The average molecular weight is 266 g/mol. The summed E-state index contributed by atoms with van der Waals surface area (Å²) >= 11 is 0. The molecule has 2 nitrogen and oxygen atoms in total. The first-order valence-corrected chi connectivity index (χ1v) is 6.72. The van der Waals surface area contributed by atoms with Gasteiger partial charge in [-0.2, -0.15) is 0 Å². The van der Waals surface area contributed by atoms with Gasteiger partial charge < -0.3 is 9.84 Å².